The van der Waals surface area contributed by atoms with Crippen LogP contribution in [-0.4, -0.2) is 60.4 Å². The van der Waals surface area contributed by atoms with Crippen molar-refractivity contribution in [3.63, 3.8) is 0 Å². The maximum Gasteiger partial charge on any atom is 0.128 e. The number of rotatable bonds is 7. The third-order valence-electron chi connectivity index (χ3n) is 8.76. The summed E-state index contributed by atoms with van der Waals surface area (Å²) in [6.45, 7) is 4.76. The lowest BCUT2D eigenvalue weighted by molar-refractivity contribution is -0.00526. The number of aliphatic hydroxyl groups is 1. The van der Waals surface area contributed by atoms with Gasteiger partial charge < -0.3 is 39.6 Å². The van der Waals surface area contributed by atoms with Gasteiger partial charge in [-0.1, -0.05) is 18.2 Å². The molecule has 1 aromatic heterocycles. The van der Waals surface area contributed by atoms with Crippen LogP contribution in [0.25, 0.3) is 0 Å². The summed E-state index contributed by atoms with van der Waals surface area (Å²) in [6, 6.07) is 14.9. The lowest BCUT2D eigenvalue weighted by atomic mass is 9.48. The second-order valence-electron chi connectivity index (χ2n) is 11.2. The molecule has 1 aromatic carbocycles. The molecular formula is C28H37Cl2N3O2-2. The third kappa shape index (κ3) is 5.74. The molecule has 1 atom stereocenters. The van der Waals surface area contributed by atoms with Crippen LogP contribution in [0.3, 0.4) is 0 Å². The monoisotopic (exact) mass is 517 g/mol. The molecule has 1 aliphatic heterocycles. The van der Waals surface area contributed by atoms with E-state index < -0.39 is 6.10 Å². The summed E-state index contributed by atoms with van der Waals surface area (Å²) < 4.78 is 5.98. The van der Waals surface area contributed by atoms with Gasteiger partial charge in [-0.05, 0) is 91.5 Å². The number of ether oxygens (including phenoxy) is 1. The van der Waals surface area contributed by atoms with Gasteiger partial charge in [-0.2, -0.15) is 0 Å². The largest absolute Gasteiger partial charge is 1.00 e. The van der Waals surface area contributed by atoms with Crippen LogP contribution in [0, 0.1) is 17.8 Å². The van der Waals surface area contributed by atoms with Crippen LogP contribution in [0.5, 0.6) is 5.75 Å². The normalized spacial score (nSPS) is 30.3. The molecule has 2 heterocycles. The number of anilines is 1. The highest BCUT2D eigenvalue weighted by molar-refractivity contribution is 5.38. The van der Waals surface area contributed by atoms with Gasteiger partial charge in [0.2, 0.25) is 0 Å². The Morgan fingerprint density at radius 2 is 1.51 bits per heavy atom. The molecule has 5 aliphatic rings. The quantitative estimate of drug-likeness (QED) is 0.465. The predicted molar refractivity (Wildman–Crippen MR) is 131 cm³/mol. The molecule has 4 aliphatic carbocycles. The number of benzene rings is 1. The van der Waals surface area contributed by atoms with Gasteiger partial charge >= 0.3 is 0 Å². The van der Waals surface area contributed by atoms with E-state index in [9.17, 15) is 5.11 Å². The number of hydrogen-bond donors (Lipinski definition) is 1. The van der Waals surface area contributed by atoms with Gasteiger partial charge in [0.05, 0.1) is 0 Å². The first-order chi connectivity index (χ1) is 16.1. The lowest BCUT2D eigenvalue weighted by Gasteiger charge is -2.57. The number of aliphatic hydroxyl groups excluding tert-OH is 1. The molecular weight excluding hydrogens is 481 g/mol. The number of aromatic nitrogens is 1. The molecule has 5 nitrogen and oxygen atoms in total. The second-order valence-corrected chi connectivity index (χ2v) is 11.2. The van der Waals surface area contributed by atoms with Gasteiger partial charge in [-0.25, -0.2) is 4.98 Å². The van der Waals surface area contributed by atoms with E-state index in [1.807, 2.05) is 18.3 Å². The molecule has 4 saturated carbocycles. The minimum absolute atomic E-state index is 0. The van der Waals surface area contributed by atoms with Crippen LogP contribution < -0.4 is 34.5 Å². The standard InChI is InChI=1S/C28H37N3O2.2ClH/c32-25(19-30-9-11-31(12-10-30)27-3-1-2-8-29-27)20-33-26-6-4-24(5-7-26)28-16-21-13-22(17-28)15-23(14-21)18-28;;/h1-8,21-23,25,32H,9-20H2;2*1H/p-2. The Morgan fingerprint density at radius 1 is 0.886 bits per heavy atom. The maximum absolute atomic E-state index is 10.6. The molecule has 7 heteroatoms. The van der Waals surface area contributed by atoms with Crippen LogP contribution in [0.4, 0.5) is 5.82 Å². The molecule has 1 unspecified atom stereocenters. The van der Waals surface area contributed by atoms with Crippen LogP contribution in [-0.2, 0) is 5.41 Å². The van der Waals surface area contributed by atoms with E-state index in [0.717, 1.165) is 55.5 Å². The highest BCUT2D eigenvalue weighted by Crippen LogP contribution is 2.60. The molecule has 7 rings (SSSR count). The zero-order chi connectivity index (χ0) is 22.3. The van der Waals surface area contributed by atoms with Crippen molar-refractivity contribution in [1.29, 1.82) is 0 Å². The molecule has 5 fully saturated rings. The van der Waals surface area contributed by atoms with Gasteiger partial charge in [-0.15, -0.1) is 0 Å². The van der Waals surface area contributed by atoms with Crippen molar-refractivity contribution in [1.82, 2.24) is 9.88 Å². The average molecular weight is 519 g/mol. The number of halogens is 2. The summed E-state index contributed by atoms with van der Waals surface area (Å²) in [4.78, 5) is 9.08. The second kappa shape index (κ2) is 11.2. The Balaban J connectivity index is 0.00000144. The van der Waals surface area contributed by atoms with Crippen molar-refractivity contribution in [2.24, 2.45) is 17.8 Å². The SMILES string of the molecule is OC(COc1ccc(C23CC4CC(CC(C4)C2)C3)cc1)CN1CCN(c2ccccn2)CC1.[Cl-].[Cl-]. The van der Waals surface area contributed by atoms with E-state index in [-0.39, 0.29) is 24.8 Å². The van der Waals surface area contributed by atoms with Crippen molar-refractivity contribution in [2.75, 3.05) is 44.2 Å². The summed E-state index contributed by atoms with van der Waals surface area (Å²) in [6.07, 6.45) is 10.00. The van der Waals surface area contributed by atoms with E-state index in [2.05, 4.69) is 45.1 Å². The van der Waals surface area contributed by atoms with Crippen molar-refractivity contribution >= 4 is 5.82 Å². The Morgan fingerprint density at radius 3 is 2.09 bits per heavy atom. The van der Waals surface area contributed by atoms with Gasteiger partial charge in [0.15, 0.2) is 0 Å². The highest BCUT2D eigenvalue weighted by Gasteiger charge is 2.51. The van der Waals surface area contributed by atoms with E-state index in [0.29, 0.717) is 18.6 Å². The minimum Gasteiger partial charge on any atom is -1.00 e. The molecule has 2 aromatic rings. The van der Waals surface area contributed by atoms with Gasteiger partial charge in [0, 0.05) is 38.9 Å². The van der Waals surface area contributed by atoms with Crippen molar-refractivity contribution in [3.05, 3.63) is 54.2 Å². The molecule has 0 amide bonds. The summed E-state index contributed by atoms with van der Waals surface area (Å²) in [5.74, 6) is 4.81. The van der Waals surface area contributed by atoms with E-state index in [4.69, 9.17) is 4.74 Å². The van der Waals surface area contributed by atoms with Crippen LogP contribution in [0.1, 0.15) is 44.1 Å². The Bertz CT molecular complexity index is 900. The first-order valence-electron chi connectivity index (χ1n) is 12.9. The summed E-state index contributed by atoms with van der Waals surface area (Å²) in [5, 5.41) is 10.6. The van der Waals surface area contributed by atoms with Gasteiger partial charge in [-0.3, -0.25) is 4.90 Å². The summed E-state index contributed by atoms with van der Waals surface area (Å²) in [7, 11) is 0. The van der Waals surface area contributed by atoms with Gasteiger partial charge in [0.1, 0.15) is 24.3 Å². The third-order valence-corrected chi connectivity index (χ3v) is 8.76. The van der Waals surface area contributed by atoms with E-state index in [1.165, 1.54) is 44.1 Å². The minimum atomic E-state index is -0.478. The smallest absolute Gasteiger partial charge is 0.128 e. The highest BCUT2D eigenvalue weighted by atomic mass is 35.5. The Hall–Kier alpha value is -1.53. The molecule has 0 spiro atoms. The zero-order valence-electron chi connectivity index (χ0n) is 20.4. The topological polar surface area (TPSA) is 48.8 Å². The lowest BCUT2D eigenvalue weighted by Crippen LogP contribution is -3.00. The Labute approximate surface area is 222 Å². The fourth-order valence-corrected chi connectivity index (χ4v) is 7.61. The zero-order valence-corrected chi connectivity index (χ0v) is 21.9. The first kappa shape index (κ1) is 26.5. The number of hydrogen-bond acceptors (Lipinski definition) is 5. The van der Waals surface area contributed by atoms with Gasteiger partial charge in [0.25, 0.3) is 0 Å². The predicted octanol–water partition coefficient (Wildman–Crippen LogP) is -1.88. The van der Waals surface area contributed by atoms with Crippen molar-refractivity contribution < 1.29 is 34.7 Å². The molecule has 192 valence electrons. The van der Waals surface area contributed by atoms with Crippen LogP contribution >= 0.6 is 0 Å². The van der Waals surface area contributed by atoms with Crippen LogP contribution in [0.2, 0.25) is 0 Å². The number of piperazine rings is 1. The molecule has 35 heavy (non-hydrogen) atoms. The fourth-order valence-electron chi connectivity index (χ4n) is 7.61. The molecule has 0 radical (unpaired) electrons. The maximum atomic E-state index is 10.6. The fraction of sp³-hybridized carbons (Fsp3) is 0.607. The van der Waals surface area contributed by atoms with Crippen LogP contribution in [0.15, 0.2) is 48.7 Å². The van der Waals surface area contributed by atoms with E-state index >= 15 is 0 Å². The molecule has 4 bridgehead atoms. The Kier molecular flexibility index (Phi) is 8.53. The number of β-amino-alcohol motifs (C(OH)–C–C–N with tert-alkyl or cyclic N) is 1. The number of nitrogens with zero attached hydrogens (tertiary/aromatic N) is 3. The molecule has 1 N–H and O–H groups in total. The average Bonchev–Trinajstić information content (AvgIpc) is 2.83. The number of pyridine rings is 1. The first-order valence-corrected chi connectivity index (χ1v) is 12.9. The summed E-state index contributed by atoms with van der Waals surface area (Å²) >= 11 is 0. The molecule has 1 saturated heterocycles. The van der Waals surface area contributed by atoms with Crippen molar-refractivity contribution in [2.45, 2.75) is 50.0 Å². The van der Waals surface area contributed by atoms with E-state index in [1.54, 1.807) is 0 Å². The summed E-state index contributed by atoms with van der Waals surface area (Å²) in [5.41, 5.74) is 1.96. The van der Waals surface area contributed by atoms with Crippen molar-refractivity contribution in [3.8, 4) is 5.75 Å².